The number of aryl methyl sites for hydroxylation is 1. The molecule has 0 unspecified atom stereocenters. The summed E-state index contributed by atoms with van der Waals surface area (Å²) in [5, 5.41) is 2.73. The summed E-state index contributed by atoms with van der Waals surface area (Å²) in [6, 6.07) is 5.14. The summed E-state index contributed by atoms with van der Waals surface area (Å²) in [6.07, 6.45) is 1.88. The van der Waals surface area contributed by atoms with Gasteiger partial charge in [0.15, 0.2) is 0 Å². The minimum atomic E-state index is -0.0645. The van der Waals surface area contributed by atoms with E-state index in [2.05, 4.69) is 10.3 Å². The molecule has 0 bridgehead atoms. The molecule has 0 aliphatic heterocycles. The maximum atomic E-state index is 11.2. The largest absolute Gasteiger partial charge is 0.326 e. The van der Waals surface area contributed by atoms with Gasteiger partial charge >= 0.3 is 0 Å². The smallest absolute Gasteiger partial charge is 0.240 e. The lowest BCUT2D eigenvalue weighted by Crippen LogP contribution is -2.10. The average Bonchev–Trinajstić information content (AvgIpc) is 2.23. The second kappa shape index (κ2) is 5.08. The van der Waals surface area contributed by atoms with Crippen molar-refractivity contribution in [1.29, 1.82) is 0 Å². The second-order valence-corrected chi connectivity index (χ2v) is 3.10. The normalized spacial score (nSPS) is 9.20. The molecule has 0 saturated heterocycles. The number of isocyanates is 1. The van der Waals surface area contributed by atoms with E-state index >= 15 is 0 Å². The molecule has 0 fully saturated rings. The van der Waals surface area contributed by atoms with E-state index < -0.39 is 0 Å². The molecule has 0 radical (unpaired) electrons. The van der Waals surface area contributed by atoms with E-state index in [0.717, 1.165) is 5.56 Å². The van der Waals surface area contributed by atoms with Crippen molar-refractivity contribution in [3.8, 4) is 0 Å². The Kier molecular flexibility index (Phi) is 3.77. The maximum absolute atomic E-state index is 11.2. The Hall–Kier alpha value is -1.93. The monoisotopic (exact) mass is 204 g/mol. The molecule has 0 aromatic heterocycles. The number of aliphatic imine (C=N–C) groups is 1. The zero-order valence-electron chi connectivity index (χ0n) is 8.70. The van der Waals surface area contributed by atoms with Crippen molar-refractivity contribution >= 4 is 23.4 Å². The van der Waals surface area contributed by atoms with Crippen molar-refractivity contribution in [2.45, 2.75) is 20.3 Å². The predicted octanol–water partition coefficient (Wildman–Crippen LogP) is 2.31. The molecular formula is C11H12N2O2. The third kappa shape index (κ3) is 3.04. The van der Waals surface area contributed by atoms with Gasteiger partial charge in [-0.3, -0.25) is 4.79 Å². The summed E-state index contributed by atoms with van der Waals surface area (Å²) in [5.74, 6) is -0.0645. The van der Waals surface area contributed by atoms with E-state index in [0.29, 0.717) is 17.8 Å². The van der Waals surface area contributed by atoms with Crippen molar-refractivity contribution in [3.63, 3.8) is 0 Å². The second-order valence-electron chi connectivity index (χ2n) is 3.10. The molecule has 0 saturated carbocycles. The number of rotatable bonds is 3. The van der Waals surface area contributed by atoms with Gasteiger partial charge in [0, 0.05) is 12.1 Å². The number of hydrogen-bond donors (Lipinski definition) is 1. The van der Waals surface area contributed by atoms with Gasteiger partial charge in [-0.05, 0) is 24.6 Å². The van der Waals surface area contributed by atoms with E-state index in [-0.39, 0.29) is 5.91 Å². The lowest BCUT2D eigenvalue weighted by molar-refractivity contribution is -0.115. The number of anilines is 1. The highest BCUT2D eigenvalue weighted by atomic mass is 16.1. The molecule has 0 aliphatic carbocycles. The molecule has 15 heavy (non-hydrogen) atoms. The predicted molar refractivity (Wildman–Crippen MR) is 57.9 cm³/mol. The van der Waals surface area contributed by atoms with Crippen LogP contribution in [0.25, 0.3) is 0 Å². The third-order valence-electron chi connectivity index (χ3n) is 1.99. The highest BCUT2D eigenvalue weighted by Gasteiger charge is 2.03. The number of amides is 1. The molecule has 1 N–H and O–H groups in total. The molecule has 1 rings (SSSR count). The van der Waals surface area contributed by atoms with Crippen LogP contribution in [0.1, 0.15) is 18.9 Å². The minimum absolute atomic E-state index is 0.0645. The molecule has 4 heteroatoms. The van der Waals surface area contributed by atoms with Gasteiger partial charge in [-0.1, -0.05) is 13.0 Å². The Morgan fingerprint density at radius 1 is 1.53 bits per heavy atom. The Balaban J connectivity index is 2.99. The standard InChI is InChI=1S/C11H12N2O2/c1-3-11(15)13-10-6-9(12-7-14)5-4-8(10)2/h4-6H,3H2,1-2H3,(H,13,15). The average molecular weight is 204 g/mol. The van der Waals surface area contributed by atoms with Gasteiger partial charge in [0.05, 0.1) is 5.69 Å². The van der Waals surface area contributed by atoms with Crippen molar-refractivity contribution in [2.75, 3.05) is 5.32 Å². The molecule has 1 amide bonds. The summed E-state index contributed by atoms with van der Waals surface area (Å²) in [4.78, 5) is 24.7. The van der Waals surface area contributed by atoms with E-state index in [1.165, 1.54) is 6.08 Å². The van der Waals surface area contributed by atoms with Gasteiger partial charge in [-0.25, -0.2) is 4.79 Å². The van der Waals surface area contributed by atoms with Crippen molar-refractivity contribution < 1.29 is 9.59 Å². The zero-order chi connectivity index (χ0) is 11.3. The van der Waals surface area contributed by atoms with Crippen LogP contribution in [0.5, 0.6) is 0 Å². The van der Waals surface area contributed by atoms with E-state index in [9.17, 15) is 9.59 Å². The molecule has 4 nitrogen and oxygen atoms in total. The molecular weight excluding hydrogens is 192 g/mol. The zero-order valence-corrected chi connectivity index (χ0v) is 8.70. The number of nitrogens with zero attached hydrogens (tertiary/aromatic N) is 1. The first kappa shape index (κ1) is 11.1. The molecule has 1 aromatic rings. The fourth-order valence-corrected chi connectivity index (χ4v) is 1.11. The summed E-state index contributed by atoms with van der Waals surface area (Å²) >= 11 is 0. The fraction of sp³-hybridized carbons (Fsp3) is 0.273. The summed E-state index contributed by atoms with van der Waals surface area (Å²) in [5.41, 5.74) is 2.10. The van der Waals surface area contributed by atoms with Crippen LogP contribution < -0.4 is 5.32 Å². The van der Waals surface area contributed by atoms with Crippen LogP contribution in [-0.2, 0) is 9.59 Å². The lowest BCUT2D eigenvalue weighted by atomic mass is 10.2. The van der Waals surface area contributed by atoms with Gasteiger partial charge in [0.2, 0.25) is 12.0 Å². The van der Waals surface area contributed by atoms with Gasteiger partial charge in [0.25, 0.3) is 0 Å². The van der Waals surface area contributed by atoms with Crippen LogP contribution in [0.15, 0.2) is 23.2 Å². The topological polar surface area (TPSA) is 58.5 Å². The van der Waals surface area contributed by atoms with Gasteiger partial charge < -0.3 is 5.32 Å². The molecule has 0 heterocycles. The quantitative estimate of drug-likeness (QED) is 0.606. The highest BCUT2D eigenvalue weighted by molar-refractivity contribution is 5.91. The van der Waals surface area contributed by atoms with Crippen molar-refractivity contribution in [1.82, 2.24) is 0 Å². The number of benzene rings is 1. The van der Waals surface area contributed by atoms with E-state index in [1.807, 2.05) is 6.92 Å². The fourth-order valence-electron chi connectivity index (χ4n) is 1.11. The first-order valence-corrected chi connectivity index (χ1v) is 4.65. The molecule has 0 aliphatic rings. The van der Waals surface area contributed by atoms with Crippen LogP contribution in [-0.4, -0.2) is 12.0 Å². The third-order valence-corrected chi connectivity index (χ3v) is 1.99. The number of nitrogens with one attached hydrogen (secondary N) is 1. The Labute approximate surface area is 88.0 Å². The Morgan fingerprint density at radius 3 is 2.87 bits per heavy atom. The van der Waals surface area contributed by atoms with Crippen molar-refractivity contribution in [2.24, 2.45) is 4.99 Å². The van der Waals surface area contributed by atoms with Crippen LogP contribution in [0, 0.1) is 6.92 Å². The number of hydrogen-bond acceptors (Lipinski definition) is 3. The van der Waals surface area contributed by atoms with Crippen LogP contribution >= 0.6 is 0 Å². The van der Waals surface area contributed by atoms with E-state index in [1.54, 1.807) is 25.1 Å². The van der Waals surface area contributed by atoms with Gasteiger partial charge in [0.1, 0.15) is 0 Å². The van der Waals surface area contributed by atoms with Crippen LogP contribution in [0.2, 0.25) is 0 Å². The molecule has 0 atom stereocenters. The highest BCUT2D eigenvalue weighted by Crippen LogP contribution is 2.21. The number of carbonyl (C=O) groups is 1. The number of carbonyl (C=O) groups excluding carboxylic acids is 2. The van der Waals surface area contributed by atoms with Gasteiger partial charge in [-0.15, -0.1) is 0 Å². The Morgan fingerprint density at radius 2 is 2.27 bits per heavy atom. The molecule has 0 spiro atoms. The Bertz CT molecular complexity index is 421. The van der Waals surface area contributed by atoms with E-state index in [4.69, 9.17) is 0 Å². The minimum Gasteiger partial charge on any atom is -0.326 e. The SMILES string of the molecule is CCC(=O)Nc1cc(N=C=O)ccc1C. The summed E-state index contributed by atoms with van der Waals surface area (Å²) in [7, 11) is 0. The summed E-state index contributed by atoms with van der Waals surface area (Å²) < 4.78 is 0. The van der Waals surface area contributed by atoms with Crippen LogP contribution in [0.3, 0.4) is 0 Å². The lowest BCUT2D eigenvalue weighted by Gasteiger charge is -2.07. The summed E-state index contributed by atoms with van der Waals surface area (Å²) in [6.45, 7) is 3.65. The first-order valence-electron chi connectivity index (χ1n) is 4.65. The van der Waals surface area contributed by atoms with Crippen LogP contribution in [0.4, 0.5) is 11.4 Å². The molecule has 1 aromatic carbocycles. The maximum Gasteiger partial charge on any atom is 0.240 e. The first-order chi connectivity index (χ1) is 7.17. The van der Waals surface area contributed by atoms with Crippen molar-refractivity contribution in [3.05, 3.63) is 23.8 Å². The molecule has 78 valence electrons. The van der Waals surface area contributed by atoms with Gasteiger partial charge in [-0.2, -0.15) is 4.99 Å².